The molecular weight excluding hydrogens is 206 g/mol. The zero-order valence-corrected chi connectivity index (χ0v) is 10.1. The van der Waals surface area contributed by atoms with Gasteiger partial charge in [0.1, 0.15) is 0 Å². The van der Waals surface area contributed by atoms with E-state index in [0.29, 0.717) is 12.6 Å². The number of piperidine rings is 1. The zero-order chi connectivity index (χ0) is 12.0. The van der Waals surface area contributed by atoms with Crippen molar-refractivity contribution in [2.75, 3.05) is 19.6 Å². The minimum Gasteiger partial charge on any atom is -0.478 e. The average Bonchev–Trinajstić information content (AvgIpc) is 2.16. The monoisotopic (exact) mass is 227 g/mol. The standard InChI is InChI=1S/C12H21NO3/c1-10(2)16-11-5-3-7-13(9-11)8-4-6-12(14)15/h4,6,10-11H,3,5,7-9H2,1-2H3,(H,14,15). The molecule has 16 heavy (non-hydrogen) atoms. The van der Waals surface area contributed by atoms with E-state index in [2.05, 4.69) is 4.90 Å². The highest BCUT2D eigenvalue weighted by molar-refractivity contribution is 5.79. The molecule has 0 aromatic heterocycles. The van der Waals surface area contributed by atoms with Crippen molar-refractivity contribution in [1.29, 1.82) is 0 Å². The van der Waals surface area contributed by atoms with Crippen molar-refractivity contribution in [2.24, 2.45) is 0 Å². The van der Waals surface area contributed by atoms with Gasteiger partial charge in [-0.05, 0) is 33.2 Å². The highest BCUT2D eigenvalue weighted by Gasteiger charge is 2.20. The highest BCUT2D eigenvalue weighted by atomic mass is 16.5. The van der Waals surface area contributed by atoms with E-state index >= 15 is 0 Å². The van der Waals surface area contributed by atoms with Crippen molar-refractivity contribution >= 4 is 5.97 Å². The summed E-state index contributed by atoms with van der Waals surface area (Å²) >= 11 is 0. The first-order valence-corrected chi connectivity index (χ1v) is 5.85. The lowest BCUT2D eigenvalue weighted by Gasteiger charge is -2.32. The van der Waals surface area contributed by atoms with Gasteiger partial charge in [-0.2, -0.15) is 0 Å². The molecule has 0 saturated carbocycles. The molecule has 0 spiro atoms. The number of nitrogens with zero attached hydrogens (tertiary/aromatic N) is 1. The smallest absolute Gasteiger partial charge is 0.328 e. The van der Waals surface area contributed by atoms with Crippen molar-refractivity contribution in [3.8, 4) is 0 Å². The molecule has 0 bridgehead atoms. The summed E-state index contributed by atoms with van der Waals surface area (Å²) in [6, 6.07) is 0. The third-order valence-electron chi connectivity index (χ3n) is 2.55. The first kappa shape index (κ1) is 13.2. The minimum absolute atomic E-state index is 0.263. The van der Waals surface area contributed by atoms with Crippen LogP contribution >= 0.6 is 0 Å². The van der Waals surface area contributed by atoms with E-state index in [4.69, 9.17) is 9.84 Å². The topological polar surface area (TPSA) is 49.8 Å². The van der Waals surface area contributed by atoms with Gasteiger partial charge in [0.15, 0.2) is 0 Å². The summed E-state index contributed by atoms with van der Waals surface area (Å²) in [6.45, 7) is 6.72. The van der Waals surface area contributed by atoms with Crippen LogP contribution in [0.5, 0.6) is 0 Å². The van der Waals surface area contributed by atoms with E-state index in [9.17, 15) is 4.79 Å². The van der Waals surface area contributed by atoms with Gasteiger partial charge in [-0.25, -0.2) is 4.79 Å². The first-order chi connectivity index (χ1) is 7.58. The Kier molecular flexibility index (Phi) is 5.49. The Labute approximate surface area is 96.9 Å². The lowest BCUT2D eigenvalue weighted by Crippen LogP contribution is -2.40. The SMILES string of the molecule is CC(C)OC1CCCN(CC=CC(=O)O)C1. The van der Waals surface area contributed by atoms with Gasteiger partial charge >= 0.3 is 5.97 Å². The van der Waals surface area contributed by atoms with Crippen molar-refractivity contribution < 1.29 is 14.6 Å². The molecule has 1 heterocycles. The number of carboxylic acids is 1. The normalized spacial score (nSPS) is 23.1. The number of aliphatic carboxylic acids is 1. The second kappa shape index (κ2) is 6.66. The Hall–Kier alpha value is -0.870. The zero-order valence-electron chi connectivity index (χ0n) is 10.1. The maximum absolute atomic E-state index is 10.3. The molecule has 1 saturated heterocycles. The number of rotatable bonds is 5. The number of hydrogen-bond acceptors (Lipinski definition) is 3. The van der Waals surface area contributed by atoms with Crippen LogP contribution in [-0.2, 0) is 9.53 Å². The first-order valence-electron chi connectivity index (χ1n) is 5.85. The van der Waals surface area contributed by atoms with E-state index in [1.165, 1.54) is 6.08 Å². The molecule has 0 radical (unpaired) electrons. The summed E-state index contributed by atoms with van der Waals surface area (Å²) in [4.78, 5) is 12.6. The van der Waals surface area contributed by atoms with Crippen LogP contribution in [0.1, 0.15) is 26.7 Å². The fraction of sp³-hybridized carbons (Fsp3) is 0.750. The van der Waals surface area contributed by atoms with Crippen molar-refractivity contribution in [3.63, 3.8) is 0 Å². The fourth-order valence-electron chi connectivity index (χ4n) is 1.98. The molecular formula is C12H21NO3. The van der Waals surface area contributed by atoms with Crippen LogP contribution in [0.3, 0.4) is 0 Å². The summed E-state index contributed by atoms with van der Waals surface area (Å²) in [7, 11) is 0. The second-order valence-corrected chi connectivity index (χ2v) is 4.45. The summed E-state index contributed by atoms with van der Waals surface area (Å²) in [5, 5.41) is 8.48. The van der Waals surface area contributed by atoms with Crippen LogP contribution in [0.4, 0.5) is 0 Å². The molecule has 4 heteroatoms. The third-order valence-corrected chi connectivity index (χ3v) is 2.55. The maximum Gasteiger partial charge on any atom is 0.328 e. The highest BCUT2D eigenvalue weighted by Crippen LogP contribution is 2.14. The molecule has 1 rings (SSSR count). The minimum atomic E-state index is -0.882. The quantitative estimate of drug-likeness (QED) is 0.723. The van der Waals surface area contributed by atoms with Gasteiger partial charge < -0.3 is 9.84 Å². The van der Waals surface area contributed by atoms with E-state index in [1.807, 2.05) is 13.8 Å². The van der Waals surface area contributed by atoms with Gasteiger partial charge in [0.05, 0.1) is 12.2 Å². The Morgan fingerprint density at radius 2 is 2.38 bits per heavy atom. The van der Waals surface area contributed by atoms with E-state index in [0.717, 1.165) is 25.9 Å². The largest absolute Gasteiger partial charge is 0.478 e. The van der Waals surface area contributed by atoms with Gasteiger partial charge in [-0.3, -0.25) is 4.90 Å². The Morgan fingerprint density at radius 3 is 3.00 bits per heavy atom. The van der Waals surface area contributed by atoms with Crippen LogP contribution in [0.2, 0.25) is 0 Å². The molecule has 1 N–H and O–H groups in total. The molecule has 1 fully saturated rings. The van der Waals surface area contributed by atoms with Gasteiger partial charge in [0, 0.05) is 19.2 Å². The second-order valence-electron chi connectivity index (χ2n) is 4.45. The molecule has 0 aromatic rings. The molecule has 1 unspecified atom stereocenters. The number of carboxylic acid groups (broad SMARTS) is 1. The van der Waals surface area contributed by atoms with Crippen LogP contribution in [0.15, 0.2) is 12.2 Å². The lowest BCUT2D eigenvalue weighted by molar-refractivity contribution is -0.131. The predicted molar refractivity (Wildman–Crippen MR) is 62.5 cm³/mol. The molecule has 1 aliphatic rings. The van der Waals surface area contributed by atoms with Gasteiger partial charge in [-0.15, -0.1) is 0 Å². The number of hydrogen-bond donors (Lipinski definition) is 1. The number of ether oxygens (including phenoxy) is 1. The number of carbonyl (C=O) groups is 1. The molecule has 1 aliphatic heterocycles. The Bertz CT molecular complexity index is 251. The molecule has 4 nitrogen and oxygen atoms in total. The van der Waals surface area contributed by atoms with Crippen molar-refractivity contribution in [1.82, 2.24) is 4.90 Å². The van der Waals surface area contributed by atoms with E-state index < -0.39 is 5.97 Å². The summed E-state index contributed by atoms with van der Waals surface area (Å²) in [6.07, 6.45) is 5.69. The fourth-order valence-corrected chi connectivity index (χ4v) is 1.98. The predicted octanol–water partition coefficient (Wildman–Crippen LogP) is 1.52. The van der Waals surface area contributed by atoms with Gasteiger partial charge in [0.2, 0.25) is 0 Å². The summed E-state index contributed by atoms with van der Waals surface area (Å²) in [5.41, 5.74) is 0. The molecule has 0 aliphatic carbocycles. The van der Waals surface area contributed by atoms with E-state index in [-0.39, 0.29) is 6.10 Å². The van der Waals surface area contributed by atoms with Crippen LogP contribution in [-0.4, -0.2) is 47.8 Å². The van der Waals surface area contributed by atoms with Crippen LogP contribution < -0.4 is 0 Å². The Morgan fingerprint density at radius 1 is 1.62 bits per heavy atom. The van der Waals surface area contributed by atoms with Gasteiger partial charge in [-0.1, -0.05) is 6.08 Å². The van der Waals surface area contributed by atoms with Crippen LogP contribution in [0.25, 0.3) is 0 Å². The third kappa shape index (κ3) is 5.28. The molecule has 0 aromatic carbocycles. The number of likely N-dealkylation sites (tertiary alicyclic amines) is 1. The lowest BCUT2D eigenvalue weighted by atomic mass is 10.1. The maximum atomic E-state index is 10.3. The summed E-state index contributed by atoms with van der Waals surface area (Å²) < 4.78 is 5.77. The molecule has 92 valence electrons. The van der Waals surface area contributed by atoms with Crippen molar-refractivity contribution in [3.05, 3.63) is 12.2 Å². The van der Waals surface area contributed by atoms with Crippen LogP contribution in [0, 0.1) is 0 Å². The Balaban J connectivity index is 2.30. The molecule has 1 atom stereocenters. The van der Waals surface area contributed by atoms with Crippen molar-refractivity contribution in [2.45, 2.75) is 38.9 Å². The average molecular weight is 227 g/mol. The van der Waals surface area contributed by atoms with E-state index in [1.54, 1.807) is 6.08 Å². The van der Waals surface area contributed by atoms with Gasteiger partial charge in [0.25, 0.3) is 0 Å². The summed E-state index contributed by atoms with van der Waals surface area (Å²) in [5.74, 6) is -0.882. The molecule has 0 amide bonds.